The summed E-state index contributed by atoms with van der Waals surface area (Å²) in [6.07, 6.45) is 1.74. The number of ether oxygens (including phenoxy) is 1. The van der Waals surface area contributed by atoms with Gasteiger partial charge in [0.1, 0.15) is 5.54 Å². The van der Waals surface area contributed by atoms with Crippen LogP contribution in [0.1, 0.15) is 37.9 Å². The van der Waals surface area contributed by atoms with E-state index >= 15 is 0 Å². The topological polar surface area (TPSA) is 75.7 Å². The molecule has 6 nitrogen and oxygen atoms in total. The zero-order valence-corrected chi connectivity index (χ0v) is 15.3. The molecule has 0 aromatic heterocycles. The van der Waals surface area contributed by atoms with E-state index in [1.54, 1.807) is 26.8 Å². The molecule has 1 N–H and O–H groups in total. The fourth-order valence-corrected chi connectivity index (χ4v) is 4.10. The molecule has 0 spiro atoms. The number of hydrogen-bond donors (Lipinski definition) is 1. The van der Waals surface area contributed by atoms with E-state index in [9.17, 15) is 14.4 Å². The van der Waals surface area contributed by atoms with Crippen LogP contribution in [0.4, 0.5) is 0 Å². The third kappa shape index (κ3) is 2.56. The van der Waals surface area contributed by atoms with Crippen molar-refractivity contribution >= 4 is 23.9 Å². The second-order valence-corrected chi connectivity index (χ2v) is 6.84. The minimum Gasteiger partial charge on any atom is -0.465 e. The van der Waals surface area contributed by atoms with E-state index < -0.39 is 29.4 Å². The average Bonchev–Trinajstić information content (AvgIpc) is 3.09. The van der Waals surface area contributed by atoms with Crippen molar-refractivity contribution in [2.75, 3.05) is 13.2 Å². The Labute approximate surface area is 153 Å². The summed E-state index contributed by atoms with van der Waals surface area (Å²) in [4.78, 5) is 39.7. The van der Waals surface area contributed by atoms with Gasteiger partial charge in [0, 0.05) is 12.6 Å². The Morgan fingerprint density at radius 3 is 2.46 bits per heavy atom. The van der Waals surface area contributed by atoms with Gasteiger partial charge in [-0.05, 0) is 31.9 Å². The Morgan fingerprint density at radius 2 is 1.92 bits per heavy atom. The number of rotatable bonds is 5. The van der Waals surface area contributed by atoms with Crippen molar-refractivity contribution in [1.82, 2.24) is 10.2 Å². The number of nitrogens with zero attached hydrogens (tertiary/aromatic N) is 1. The largest absolute Gasteiger partial charge is 0.465 e. The van der Waals surface area contributed by atoms with Gasteiger partial charge < -0.3 is 4.74 Å². The van der Waals surface area contributed by atoms with Crippen LogP contribution in [-0.4, -0.2) is 41.4 Å². The van der Waals surface area contributed by atoms with E-state index in [-0.39, 0.29) is 18.4 Å². The van der Waals surface area contributed by atoms with Crippen molar-refractivity contribution < 1.29 is 19.1 Å². The van der Waals surface area contributed by atoms with Crippen molar-refractivity contribution in [1.29, 1.82) is 0 Å². The molecule has 0 unspecified atom stereocenters. The van der Waals surface area contributed by atoms with Crippen LogP contribution in [0.25, 0.3) is 6.08 Å². The van der Waals surface area contributed by atoms with Crippen LogP contribution in [0.15, 0.2) is 30.8 Å². The summed E-state index contributed by atoms with van der Waals surface area (Å²) in [5.41, 5.74) is 0.581. The van der Waals surface area contributed by atoms with E-state index in [1.165, 1.54) is 4.90 Å². The molecule has 0 bridgehead atoms. The lowest BCUT2D eigenvalue weighted by atomic mass is 9.80. The normalized spacial score (nSPS) is 30.4. The zero-order valence-electron chi connectivity index (χ0n) is 15.3. The lowest BCUT2D eigenvalue weighted by molar-refractivity contribution is -0.155. The number of hydrogen-bond acceptors (Lipinski definition) is 5. The van der Waals surface area contributed by atoms with E-state index in [1.807, 2.05) is 24.3 Å². The van der Waals surface area contributed by atoms with Crippen LogP contribution in [0.3, 0.4) is 0 Å². The zero-order chi connectivity index (χ0) is 19.1. The van der Waals surface area contributed by atoms with Gasteiger partial charge in [0.15, 0.2) is 0 Å². The lowest BCUT2D eigenvalue weighted by Gasteiger charge is -2.28. The SMILES string of the molecule is C=Cc1ccc([C@H]2N[C@@](C)(C(=O)OCC)[C@H]3C(=O)N(CC)C(=O)[C@@H]23)cc1. The van der Waals surface area contributed by atoms with E-state index in [0.29, 0.717) is 6.54 Å². The number of fused-ring (bicyclic) bond motifs is 1. The summed E-state index contributed by atoms with van der Waals surface area (Å²) in [6.45, 7) is 9.39. The number of carbonyl (C=O) groups excluding carboxylic acids is 3. The monoisotopic (exact) mass is 356 g/mol. The van der Waals surface area contributed by atoms with Crippen molar-refractivity contribution in [2.45, 2.75) is 32.4 Å². The summed E-state index contributed by atoms with van der Waals surface area (Å²) in [5, 5.41) is 3.24. The fourth-order valence-electron chi connectivity index (χ4n) is 4.10. The van der Waals surface area contributed by atoms with E-state index in [4.69, 9.17) is 4.74 Å². The molecule has 0 aliphatic carbocycles. The van der Waals surface area contributed by atoms with Crippen LogP contribution in [0.5, 0.6) is 0 Å². The van der Waals surface area contributed by atoms with Gasteiger partial charge in [0.25, 0.3) is 0 Å². The van der Waals surface area contributed by atoms with Crippen LogP contribution in [-0.2, 0) is 19.1 Å². The highest BCUT2D eigenvalue weighted by molar-refractivity contribution is 6.09. The van der Waals surface area contributed by atoms with Crippen LogP contribution in [0, 0.1) is 11.8 Å². The Kier molecular flexibility index (Phi) is 4.71. The predicted molar refractivity (Wildman–Crippen MR) is 96.8 cm³/mol. The minimum absolute atomic E-state index is 0.214. The Balaban J connectivity index is 2.06. The quantitative estimate of drug-likeness (QED) is 0.644. The maximum atomic E-state index is 12.9. The van der Waals surface area contributed by atoms with Gasteiger partial charge in [-0.3, -0.25) is 24.6 Å². The molecule has 2 fully saturated rings. The van der Waals surface area contributed by atoms with E-state index in [2.05, 4.69) is 11.9 Å². The van der Waals surface area contributed by atoms with Crippen LogP contribution >= 0.6 is 0 Å². The smallest absolute Gasteiger partial charge is 0.326 e. The molecule has 4 atom stereocenters. The summed E-state index contributed by atoms with van der Waals surface area (Å²) in [5.74, 6) is -2.43. The highest BCUT2D eigenvalue weighted by Gasteiger charge is 2.66. The number of likely N-dealkylation sites (tertiary alicyclic amines) is 1. The van der Waals surface area contributed by atoms with Gasteiger partial charge >= 0.3 is 5.97 Å². The van der Waals surface area contributed by atoms with Gasteiger partial charge in [-0.25, -0.2) is 0 Å². The minimum atomic E-state index is -1.24. The summed E-state index contributed by atoms with van der Waals surface area (Å²) in [7, 11) is 0. The molecule has 2 heterocycles. The van der Waals surface area contributed by atoms with Crippen LogP contribution < -0.4 is 5.32 Å². The lowest BCUT2D eigenvalue weighted by Crippen LogP contribution is -2.54. The first-order valence-electron chi connectivity index (χ1n) is 8.91. The molecule has 2 aliphatic heterocycles. The molecule has 0 saturated carbocycles. The highest BCUT2D eigenvalue weighted by atomic mass is 16.5. The molecule has 138 valence electrons. The van der Waals surface area contributed by atoms with Gasteiger partial charge in [-0.1, -0.05) is 36.9 Å². The molecule has 1 aromatic carbocycles. The van der Waals surface area contributed by atoms with Gasteiger partial charge in [0.2, 0.25) is 11.8 Å². The molecule has 2 saturated heterocycles. The number of imide groups is 1. The molecular formula is C20H24N2O4. The van der Waals surface area contributed by atoms with E-state index in [0.717, 1.165) is 11.1 Å². The number of esters is 1. The second kappa shape index (κ2) is 6.68. The Morgan fingerprint density at radius 1 is 1.27 bits per heavy atom. The summed E-state index contributed by atoms with van der Waals surface area (Å²) in [6, 6.07) is 7.17. The fraction of sp³-hybridized carbons (Fsp3) is 0.450. The molecule has 3 rings (SSSR count). The van der Waals surface area contributed by atoms with Crippen molar-refractivity contribution in [2.24, 2.45) is 11.8 Å². The molecule has 6 heteroatoms. The molecule has 1 aromatic rings. The molecule has 0 radical (unpaired) electrons. The number of carbonyl (C=O) groups is 3. The third-order valence-corrected chi connectivity index (χ3v) is 5.43. The van der Waals surface area contributed by atoms with Gasteiger partial charge in [-0.15, -0.1) is 0 Å². The highest BCUT2D eigenvalue weighted by Crippen LogP contribution is 2.48. The molecule has 2 amide bonds. The Hall–Kier alpha value is -2.47. The Bertz CT molecular complexity index is 758. The molecule has 2 aliphatic rings. The van der Waals surface area contributed by atoms with Crippen molar-refractivity contribution in [3.63, 3.8) is 0 Å². The average molecular weight is 356 g/mol. The standard InChI is InChI=1S/C20H24N2O4/c1-5-12-8-10-13(11-9-12)16-14-15(18(24)22(6-2)17(14)23)20(4,21-16)19(25)26-7-3/h5,8-11,14-16,21H,1,6-7H2,2-4H3/t14-,15-,16-,20-/m1/s1. The molecule has 26 heavy (non-hydrogen) atoms. The van der Waals surface area contributed by atoms with Gasteiger partial charge in [-0.2, -0.15) is 0 Å². The van der Waals surface area contributed by atoms with Gasteiger partial charge in [0.05, 0.1) is 18.4 Å². The van der Waals surface area contributed by atoms with Crippen LogP contribution in [0.2, 0.25) is 0 Å². The first-order chi connectivity index (χ1) is 12.4. The number of nitrogens with one attached hydrogen (secondary N) is 1. The van der Waals surface area contributed by atoms with Crippen molar-refractivity contribution in [3.05, 3.63) is 42.0 Å². The maximum absolute atomic E-state index is 12.9. The number of benzene rings is 1. The summed E-state index contributed by atoms with van der Waals surface area (Å²) >= 11 is 0. The van der Waals surface area contributed by atoms with Crippen molar-refractivity contribution in [3.8, 4) is 0 Å². The summed E-state index contributed by atoms with van der Waals surface area (Å²) < 4.78 is 5.21. The predicted octanol–water partition coefficient (Wildman–Crippen LogP) is 1.92. The maximum Gasteiger partial charge on any atom is 0.326 e. The number of amides is 2. The third-order valence-electron chi connectivity index (χ3n) is 5.43. The first kappa shape index (κ1) is 18.3. The molecular weight excluding hydrogens is 332 g/mol. The second-order valence-electron chi connectivity index (χ2n) is 6.84. The first-order valence-corrected chi connectivity index (χ1v) is 8.91.